The normalized spacial score (nSPS) is 12.2. The van der Waals surface area contributed by atoms with Gasteiger partial charge in [0.2, 0.25) is 0 Å². The Morgan fingerprint density at radius 2 is 1.81 bits per heavy atom. The maximum absolute atomic E-state index is 5.61. The van der Waals surface area contributed by atoms with E-state index in [4.69, 9.17) is 4.74 Å². The highest BCUT2D eigenvalue weighted by atomic mass is 16.5. The van der Waals surface area contributed by atoms with Crippen molar-refractivity contribution in [1.82, 2.24) is 5.32 Å². The number of hydrogen-bond donors (Lipinski definition) is 1. The monoisotopic (exact) mass is 283 g/mol. The summed E-state index contributed by atoms with van der Waals surface area (Å²) in [5, 5.41) is 3.66. The van der Waals surface area contributed by atoms with E-state index in [0.29, 0.717) is 0 Å². The summed E-state index contributed by atoms with van der Waals surface area (Å²) in [5.41, 5.74) is 5.03. The van der Waals surface area contributed by atoms with E-state index in [0.717, 1.165) is 18.7 Å². The van der Waals surface area contributed by atoms with E-state index in [1.54, 1.807) is 7.11 Å². The third-order valence-corrected chi connectivity index (χ3v) is 3.80. The first-order valence-electron chi connectivity index (χ1n) is 7.60. The van der Waals surface area contributed by atoms with Crippen LogP contribution in [0.1, 0.15) is 41.6 Å². The van der Waals surface area contributed by atoms with Crippen molar-refractivity contribution in [2.24, 2.45) is 0 Å². The van der Waals surface area contributed by atoms with Crippen LogP contribution in [0.15, 0.2) is 42.5 Å². The average Bonchev–Trinajstić information content (AvgIpc) is 2.50. The van der Waals surface area contributed by atoms with Gasteiger partial charge in [-0.05, 0) is 49.6 Å². The summed E-state index contributed by atoms with van der Waals surface area (Å²) in [4.78, 5) is 0. The van der Waals surface area contributed by atoms with E-state index >= 15 is 0 Å². The number of benzene rings is 2. The van der Waals surface area contributed by atoms with Crippen molar-refractivity contribution in [2.75, 3.05) is 13.7 Å². The maximum atomic E-state index is 5.61. The van der Waals surface area contributed by atoms with Gasteiger partial charge in [-0.25, -0.2) is 0 Å². The lowest BCUT2D eigenvalue weighted by molar-refractivity contribution is 0.403. The first-order chi connectivity index (χ1) is 10.2. The lowest BCUT2D eigenvalue weighted by Crippen LogP contribution is -2.24. The molecule has 0 heterocycles. The Morgan fingerprint density at radius 1 is 1.05 bits per heavy atom. The highest BCUT2D eigenvalue weighted by Crippen LogP contribution is 2.32. The van der Waals surface area contributed by atoms with Gasteiger partial charge in [-0.15, -0.1) is 0 Å². The molecule has 0 aliphatic rings. The predicted octanol–water partition coefficient (Wildman–Crippen LogP) is 4.40. The van der Waals surface area contributed by atoms with Crippen molar-refractivity contribution in [3.63, 3.8) is 0 Å². The lowest BCUT2D eigenvalue weighted by Gasteiger charge is -2.23. The zero-order valence-corrected chi connectivity index (χ0v) is 13.4. The highest BCUT2D eigenvalue weighted by Gasteiger charge is 2.19. The van der Waals surface area contributed by atoms with Crippen LogP contribution in [0, 0.1) is 13.8 Å². The topological polar surface area (TPSA) is 21.3 Å². The van der Waals surface area contributed by atoms with Gasteiger partial charge in [0.05, 0.1) is 13.2 Å². The van der Waals surface area contributed by atoms with Crippen LogP contribution in [0.2, 0.25) is 0 Å². The molecule has 2 aromatic rings. The van der Waals surface area contributed by atoms with Crippen LogP contribution in [0.3, 0.4) is 0 Å². The third-order valence-electron chi connectivity index (χ3n) is 3.80. The Bertz CT molecular complexity index is 592. The number of hydrogen-bond acceptors (Lipinski definition) is 2. The van der Waals surface area contributed by atoms with E-state index < -0.39 is 0 Å². The second-order valence-corrected chi connectivity index (χ2v) is 5.49. The van der Waals surface area contributed by atoms with Crippen molar-refractivity contribution >= 4 is 0 Å². The van der Waals surface area contributed by atoms with Crippen molar-refractivity contribution < 1.29 is 4.74 Å². The molecule has 2 rings (SSSR count). The molecule has 0 aliphatic carbocycles. The number of nitrogens with one attached hydrogen (secondary N) is 1. The Labute approximate surface area is 128 Å². The second-order valence-electron chi connectivity index (χ2n) is 5.49. The van der Waals surface area contributed by atoms with Crippen LogP contribution in [0.4, 0.5) is 0 Å². The third kappa shape index (κ3) is 3.64. The lowest BCUT2D eigenvalue weighted by atomic mass is 9.93. The van der Waals surface area contributed by atoms with E-state index in [1.807, 2.05) is 0 Å². The van der Waals surface area contributed by atoms with Gasteiger partial charge in [-0.3, -0.25) is 0 Å². The molecule has 1 atom stereocenters. The SMILES string of the molecule is CCCNC(c1ccccc1C)c1ccc(C)cc1OC. The summed E-state index contributed by atoms with van der Waals surface area (Å²) < 4.78 is 5.61. The first kappa shape index (κ1) is 15.6. The average molecular weight is 283 g/mol. The van der Waals surface area contributed by atoms with Crippen LogP contribution in [-0.4, -0.2) is 13.7 Å². The van der Waals surface area contributed by atoms with Crippen LogP contribution in [-0.2, 0) is 0 Å². The fourth-order valence-corrected chi connectivity index (χ4v) is 2.64. The Balaban J connectivity index is 2.48. The zero-order valence-electron chi connectivity index (χ0n) is 13.4. The van der Waals surface area contributed by atoms with E-state index in [2.05, 4.69) is 68.6 Å². The van der Waals surface area contributed by atoms with Crippen LogP contribution < -0.4 is 10.1 Å². The van der Waals surface area contributed by atoms with Gasteiger partial charge in [0.1, 0.15) is 5.75 Å². The van der Waals surface area contributed by atoms with Gasteiger partial charge in [0.15, 0.2) is 0 Å². The van der Waals surface area contributed by atoms with Crippen molar-refractivity contribution in [3.05, 3.63) is 64.7 Å². The maximum Gasteiger partial charge on any atom is 0.124 e. The summed E-state index contributed by atoms with van der Waals surface area (Å²) in [5.74, 6) is 0.951. The number of methoxy groups -OCH3 is 1. The summed E-state index contributed by atoms with van der Waals surface area (Å²) in [6.45, 7) is 7.43. The van der Waals surface area contributed by atoms with Gasteiger partial charge < -0.3 is 10.1 Å². The molecule has 0 bridgehead atoms. The van der Waals surface area contributed by atoms with Crippen LogP contribution >= 0.6 is 0 Å². The fraction of sp³-hybridized carbons (Fsp3) is 0.368. The molecule has 0 aromatic heterocycles. The molecule has 21 heavy (non-hydrogen) atoms. The Kier molecular flexibility index (Phi) is 5.40. The van der Waals surface area contributed by atoms with Gasteiger partial charge in [0, 0.05) is 5.56 Å². The van der Waals surface area contributed by atoms with Crippen LogP contribution in [0.5, 0.6) is 5.75 Å². The minimum atomic E-state index is 0.168. The second kappa shape index (κ2) is 7.28. The van der Waals surface area contributed by atoms with Crippen molar-refractivity contribution in [1.29, 1.82) is 0 Å². The molecule has 0 saturated heterocycles. The quantitative estimate of drug-likeness (QED) is 0.848. The Morgan fingerprint density at radius 3 is 2.48 bits per heavy atom. The van der Waals surface area contributed by atoms with Crippen LogP contribution in [0.25, 0.3) is 0 Å². The molecular formula is C19H25NO. The van der Waals surface area contributed by atoms with Crippen molar-refractivity contribution in [3.8, 4) is 5.75 Å². The molecule has 0 amide bonds. The highest BCUT2D eigenvalue weighted by molar-refractivity contribution is 5.45. The smallest absolute Gasteiger partial charge is 0.124 e. The summed E-state index contributed by atoms with van der Waals surface area (Å²) in [6, 6.07) is 15.1. The van der Waals surface area contributed by atoms with E-state index in [1.165, 1.54) is 22.3 Å². The molecule has 2 nitrogen and oxygen atoms in total. The molecule has 0 saturated carbocycles. The summed E-state index contributed by atoms with van der Waals surface area (Å²) in [7, 11) is 1.74. The predicted molar refractivity (Wildman–Crippen MR) is 89.0 cm³/mol. The van der Waals surface area contributed by atoms with Gasteiger partial charge in [-0.1, -0.05) is 43.3 Å². The fourth-order valence-electron chi connectivity index (χ4n) is 2.64. The first-order valence-corrected chi connectivity index (χ1v) is 7.60. The molecule has 1 unspecified atom stereocenters. The minimum absolute atomic E-state index is 0.168. The van der Waals surface area contributed by atoms with Gasteiger partial charge >= 0.3 is 0 Å². The van der Waals surface area contributed by atoms with Gasteiger partial charge in [0.25, 0.3) is 0 Å². The standard InChI is InChI=1S/C19H25NO/c1-5-12-20-19(16-9-7-6-8-15(16)3)17-11-10-14(2)13-18(17)21-4/h6-11,13,19-20H,5,12H2,1-4H3. The Hall–Kier alpha value is -1.80. The molecule has 2 heteroatoms. The molecule has 0 aliphatic heterocycles. The number of ether oxygens (including phenoxy) is 1. The van der Waals surface area contributed by atoms with Crippen molar-refractivity contribution in [2.45, 2.75) is 33.2 Å². The number of rotatable bonds is 6. The molecule has 0 radical (unpaired) electrons. The largest absolute Gasteiger partial charge is 0.496 e. The molecule has 2 aromatic carbocycles. The number of aryl methyl sites for hydroxylation is 2. The molecule has 112 valence electrons. The van der Waals surface area contributed by atoms with E-state index in [9.17, 15) is 0 Å². The molecule has 0 fully saturated rings. The van der Waals surface area contributed by atoms with Gasteiger partial charge in [-0.2, -0.15) is 0 Å². The molecule has 1 N–H and O–H groups in total. The summed E-state index contributed by atoms with van der Waals surface area (Å²) in [6.07, 6.45) is 1.11. The summed E-state index contributed by atoms with van der Waals surface area (Å²) >= 11 is 0. The van der Waals surface area contributed by atoms with E-state index in [-0.39, 0.29) is 6.04 Å². The molecular weight excluding hydrogens is 258 g/mol. The molecule has 0 spiro atoms. The zero-order chi connectivity index (χ0) is 15.2. The minimum Gasteiger partial charge on any atom is -0.496 e.